The Bertz CT molecular complexity index is 579. The van der Waals surface area contributed by atoms with Crippen LogP contribution in [0, 0.1) is 13.8 Å². The van der Waals surface area contributed by atoms with Crippen LogP contribution in [0.4, 0.5) is 0 Å². The molecule has 0 amide bonds. The monoisotopic (exact) mass is 273 g/mol. The number of aryl methyl sites for hydroxylation is 2. The lowest BCUT2D eigenvalue weighted by molar-refractivity contribution is -0.144. The van der Waals surface area contributed by atoms with Crippen LogP contribution in [-0.2, 0) is 16.0 Å². The van der Waals surface area contributed by atoms with Crippen molar-refractivity contribution in [2.75, 3.05) is 7.11 Å². The Morgan fingerprint density at radius 2 is 1.70 bits per heavy atom. The van der Waals surface area contributed by atoms with Gasteiger partial charge in [-0.25, -0.2) is 4.79 Å². The van der Waals surface area contributed by atoms with Crippen molar-refractivity contribution in [3.8, 4) is 5.75 Å². The van der Waals surface area contributed by atoms with Gasteiger partial charge >= 0.3 is 5.97 Å². The molecule has 2 rings (SSSR count). The Balaban J connectivity index is 2.34. The molecule has 0 bridgehead atoms. The van der Waals surface area contributed by atoms with Crippen LogP contribution in [0.25, 0.3) is 0 Å². The number of aromatic hydroxyl groups is 1. The summed E-state index contributed by atoms with van der Waals surface area (Å²) in [6.45, 7) is 3.94. The molecular weight excluding hydrogens is 254 g/mol. The molecule has 0 saturated heterocycles. The molecule has 106 valence electrons. The molecule has 0 radical (unpaired) electrons. The number of methoxy groups -OCH3 is 1. The number of aromatic nitrogens is 1. The summed E-state index contributed by atoms with van der Waals surface area (Å²) in [4.78, 5) is 12.1. The van der Waals surface area contributed by atoms with Crippen LogP contribution in [-0.4, -0.2) is 22.8 Å². The molecule has 0 saturated carbocycles. The average Bonchev–Trinajstić information content (AvgIpc) is 2.77. The first-order valence-corrected chi connectivity index (χ1v) is 6.53. The topological polar surface area (TPSA) is 51.5 Å². The fourth-order valence-corrected chi connectivity index (χ4v) is 2.44. The number of benzene rings is 1. The molecule has 0 aliphatic carbocycles. The van der Waals surface area contributed by atoms with Crippen LogP contribution in [0.1, 0.15) is 23.0 Å². The number of carbonyl (C=O) groups is 1. The molecule has 0 aliphatic rings. The first-order valence-electron chi connectivity index (χ1n) is 6.53. The average molecular weight is 273 g/mol. The minimum absolute atomic E-state index is 0.219. The molecule has 0 fully saturated rings. The normalized spacial score (nSPS) is 12.2. The fraction of sp³-hybridized carbons (Fsp3) is 0.312. The second kappa shape index (κ2) is 5.82. The molecule has 20 heavy (non-hydrogen) atoms. The van der Waals surface area contributed by atoms with Crippen LogP contribution in [0.2, 0.25) is 0 Å². The van der Waals surface area contributed by atoms with Crippen LogP contribution in [0.3, 0.4) is 0 Å². The zero-order chi connectivity index (χ0) is 14.7. The third-order valence-corrected chi connectivity index (χ3v) is 3.48. The van der Waals surface area contributed by atoms with E-state index < -0.39 is 0 Å². The first-order chi connectivity index (χ1) is 9.52. The van der Waals surface area contributed by atoms with Crippen molar-refractivity contribution in [3.63, 3.8) is 0 Å². The number of nitrogens with zero attached hydrogens (tertiary/aromatic N) is 1. The minimum Gasteiger partial charge on any atom is -0.508 e. The maximum Gasteiger partial charge on any atom is 0.329 e. The Morgan fingerprint density at radius 1 is 1.15 bits per heavy atom. The van der Waals surface area contributed by atoms with Crippen molar-refractivity contribution >= 4 is 5.97 Å². The van der Waals surface area contributed by atoms with Crippen LogP contribution < -0.4 is 0 Å². The molecule has 2 aromatic rings. The van der Waals surface area contributed by atoms with Gasteiger partial charge in [0.05, 0.1) is 7.11 Å². The number of carbonyl (C=O) groups excluding carboxylic acids is 1. The second-order valence-corrected chi connectivity index (χ2v) is 4.90. The summed E-state index contributed by atoms with van der Waals surface area (Å²) < 4.78 is 6.92. The van der Waals surface area contributed by atoms with Crippen LogP contribution >= 0.6 is 0 Å². The van der Waals surface area contributed by atoms with Gasteiger partial charge < -0.3 is 14.4 Å². The summed E-state index contributed by atoms with van der Waals surface area (Å²) in [5.74, 6) is -0.0443. The summed E-state index contributed by atoms with van der Waals surface area (Å²) >= 11 is 0. The van der Waals surface area contributed by atoms with E-state index in [2.05, 4.69) is 0 Å². The Kier molecular flexibility index (Phi) is 4.13. The van der Waals surface area contributed by atoms with Gasteiger partial charge in [-0.15, -0.1) is 0 Å². The Labute approximate surface area is 118 Å². The SMILES string of the molecule is COC(=O)C(Cc1ccc(O)cc1)n1c(C)ccc1C. The van der Waals surface area contributed by atoms with Crippen LogP contribution in [0.5, 0.6) is 5.75 Å². The highest BCUT2D eigenvalue weighted by atomic mass is 16.5. The molecule has 0 aliphatic heterocycles. The zero-order valence-electron chi connectivity index (χ0n) is 12.0. The largest absolute Gasteiger partial charge is 0.508 e. The molecule has 1 aromatic heterocycles. The summed E-state index contributed by atoms with van der Waals surface area (Å²) in [6.07, 6.45) is 0.531. The van der Waals surface area contributed by atoms with E-state index in [1.807, 2.05) is 42.7 Å². The Hall–Kier alpha value is -2.23. The van der Waals surface area contributed by atoms with E-state index in [1.54, 1.807) is 12.1 Å². The summed E-state index contributed by atoms with van der Waals surface area (Å²) in [6, 6.07) is 10.5. The highest BCUT2D eigenvalue weighted by molar-refractivity contribution is 5.75. The van der Waals surface area contributed by atoms with E-state index in [9.17, 15) is 9.90 Å². The van der Waals surface area contributed by atoms with Crippen molar-refractivity contribution < 1.29 is 14.6 Å². The van der Waals surface area contributed by atoms with Crippen molar-refractivity contribution in [2.45, 2.75) is 26.3 Å². The smallest absolute Gasteiger partial charge is 0.329 e. The highest BCUT2D eigenvalue weighted by Gasteiger charge is 2.23. The summed E-state index contributed by atoms with van der Waals surface area (Å²) in [5.41, 5.74) is 3.03. The van der Waals surface area contributed by atoms with E-state index in [4.69, 9.17) is 4.74 Å². The van der Waals surface area contributed by atoms with Crippen molar-refractivity contribution in [1.29, 1.82) is 0 Å². The first kappa shape index (κ1) is 14.2. The summed E-state index contributed by atoms with van der Waals surface area (Å²) in [5, 5.41) is 9.32. The molecule has 1 heterocycles. The number of ether oxygens (including phenoxy) is 1. The Morgan fingerprint density at radius 3 is 2.20 bits per heavy atom. The van der Waals surface area contributed by atoms with E-state index in [0.717, 1.165) is 17.0 Å². The van der Waals surface area contributed by atoms with E-state index in [-0.39, 0.29) is 17.8 Å². The van der Waals surface area contributed by atoms with Gasteiger partial charge in [0.15, 0.2) is 0 Å². The van der Waals surface area contributed by atoms with Crippen molar-refractivity contribution in [3.05, 3.63) is 53.3 Å². The third-order valence-electron chi connectivity index (χ3n) is 3.48. The number of hydrogen-bond donors (Lipinski definition) is 1. The van der Waals surface area contributed by atoms with Gasteiger partial charge in [-0.1, -0.05) is 12.1 Å². The third kappa shape index (κ3) is 2.85. The van der Waals surface area contributed by atoms with E-state index in [0.29, 0.717) is 6.42 Å². The van der Waals surface area contributed by atoms with E-state index in [1.165, 1.54) is 7.11 Å². The zero-order valence-corrected chi connectivity index (χ0v) is 12.0. The van der Waals surface area contributed by atoms with Gasteiger partial charge in [-0.05, 0) is 43.7 Å². The van der Waals surface area contributed by atoms with Gasteiger partial charge in [0, 0.05) is 17.8 Å². The minimum atomic E-state index is -0.389. The number of hydrogen-bond acceptors (Lipinski definition) is 3. The summed E-state index contributed by atoms with van der Waals surface area (Å²) in [7, 11) is 1.40. The lowest BCUT2D eigenvalue weighted by atomic mass is 10.1. The number of phenolic OH excluding ortho intramolecular Hbond substituents is 1. The molecule has 1 atom stereocenters. The molecular formula is C16H19NO3. The number of rotatable bonds is 4. The number of phenols is 1. The van der Waals surface area contributed by atoms with Crippen molar-refractivity contribution in [1.82, 2.24) is 4.57 Å². The van der Waals surface area contributed by atoms with Gasteiger partial charge in [-0.3, -0.25) is 0 Å². The van der Waals surface area contributed by atoms with E-state index >= 15 is 0 Å². The lowest BCUT2D eigenvalue weighted by Gasteiger charge is -2.20. The highest BCUT2D eigenvalue weighted by Crippen LogP contribution is 2.22. The molecule has 0 spiro atoms. The maximum absolute atomic E-state index is 12.1. The number of esters is 1. The van der Waals surface area contributed by atoms with Gasteiger partial charge in [0.25, 0.3) is 0 Å². The predicted molar refractivity (Wildman–Crippen MR) is 76.8 cm³/mol. The molecule has 1 N–H and O–H groups in total. The molecule has 4 heteroatoms. The van der Waals surface area contributed by atoms with Gasteiger partial charge in [0.2, 0.25) is 0 Å². The van der Waals surface area contributed by atoms with Gasteiger partial charge in [-0.2, -0.15) is 0 Å². The predicted octanol–water partition coefficient (Wildman–Crippen LogP) is 2.77. The quantitative estimate of drug-likeness (QED) is 0.871. The standard InChI is InChI=1S/C16H19NO3/c1-11-4-5-12(2)17(11)15(16(19)20-3)10-13-6-8-14(18)9-7-13/h4-9,15,18H,10H2,1-3H3. The van der Waals surface area contributed by atoms with Crippen LogP contribution in [0.15, 0.2) is 36.4 Å². The molecule has 4 nitrogen and oxygen atoms in total. The van der Waals surface area contributed by atoms with Crippen molar-refractivity contribution in [2.24, 2.45) is 0 Å². The maximum atomic E-state index is 12.1. The van der Waals surface area contributed by atoms with Gasteiger partial charge in [0.1, 0.15) is 11.8 Å². The molecule has 1 aromatic carbocycles. The molecule has 1 unspecified atom stereocenters. The second-order valence-electron chi connectivity index (χ2n) is 4.90. The lowest BCUT2D eigenvalue weighted by Crippen LogP contribution is -2.24. The fourth-order valence-electron chi connectivity index (χ4n) is 2.44.